The molecular weight excluding hydrogens is 283 g/mol. The lowest BCUT2D eigenvalue weighted by atomic mass is 10.3. The van der Waals surface area contributed by atoms with Crippen LogP contribution in [0.2, 0.25) is 0 Å². The highest BCUT2D eigenvalue weighted by Gasteiger charge is 2.21. The first-order chi connectivity index (χ1) is 9.51. The summed E-state index contributed by atoms with van der Waals surface area (Å²) in [6.07, 6.45) is 0.958. The van der Waals surface area contributed by atoms with Crippen LogP contribution in [0.4, 0.5) is 10.1 Å². The van der Waals surface area contributed by atoms with Gasteiger partial charge in [0.1, 0.15) is 5.82 Å². The number of methoxy groups -OCH3 is 1. The van der Waals surface area contributed by atoms with Crippen molar-refractivity contribution in [3.8, 4) is 0 Å². The SMILES string of the molecule is COCCCS(=O)(=O)N(CCCN)c1ccc(F)cc1. The van der Waals surface area contributed by atoms with E-state index in [0.29, 0.717) is 31.7 Å². The Labute approximate surface area is 119 Å². The molecule has 0 atom stereocenters. The van der Waals surface area contributed by atoms with E-state index in [4.69, 9.17) is 10.5 Å². The average molecular weight is 304 g/mol. The predicted octanol–water partition coefficient (Wildman–Crippen LogP) is 1.35. The van der Waals surface area contributed by atoms with Crippen molar-refractivity contribution in [3.63, 3.8) is 0 Å². The van der Waals surface area contributed by atoms with Crippen molar-refractivity contribution < 1.29 is 17.5 Å². The minimum Gasteiger partial charge on any atom is -0.385 e. The predicted molar refractivity (Wildman–Crippen MR) is 77.7 cm³/mol. The molecule has 0 fully saturated rings. The topological polar surface area (TPSA) is 72.6 Å². The molecule has 0 heterocycles. The van der Waals surface area contributed by atoms with Crippen molar-refractivity contribution in [2.24, 2.45) is 5.73 Å². The van der Waals surface area contributed by atoms with Crippen molar-refractivity contribution >= 4 is 15.7 Å². The molecule has 7 heteroatoms. The first-order valence-electron chi connectivity index (χ1n) is 6.46. The molecule has 0 spiro atoms. The molecule has 0 aliphatic rings. The number of hydrogen-bond donors (Lipinski definition) is 1. The van der Waals surface area contributed by atoms with Crippen LogP contribution in [-0.4, -0.2) is 41.0 Å². The van der Waals surface area contributed by atoms with Crippen LogP contribution in [0.5, 0.6) is 0 Å². The molecule has 0 amide bonds. The van der Waals surface area contributed by atoms with E-state index in [1.165, 1.54) is 35.7 Å². The summed E-state index contributed by atoms with van der Waals surface area (Å²) in [7, 11) is -1.93. The van der Waals surface area contributed by atoms with Crippen LogP contribution in [0, 0.1) is 5.82 Å². The Morgan fingerprint density at radius 3 is 2.45 bits per heavy atom. The Morgan fingerprint density at radius 1 is 1.25 bits per heavy atom. The molecule has 0 saturated carbocycles. The molecule has 1 aromatic carbocycles. The number of rotatable bonds is 9. The number of nitrogens with zero attached hydrogens (tertiary/aromatic N) is 1. The first-order valence-corrected chi connectivity index (χ1v) is 8.07. The molecule has 0 bridgehead atoms. The van der Waals surface area contributed by atoms with Crippen molar-refractivity contribution in [3.05, 3.63) is 30.1 Å². The number of sulfonamides is 1. The number of ether oxygens (including phenoxy) is 1. The molecule has 0 saturated heterocycles. The monoisotopic (exact) mass is 304 g/mol. The summed E-state index contributed by atoms with van der Waals surface area (Å²) in [5.41, 5.74) is 5.90. The van der Waals surface area contributed by atoms with E-state index in [9.17, 15) is 12.8 Å². The van der Waals surface area contributed by atoms with Crippen LogP contribution >= 0.6 is 0 Å². The van der Waals surface area contributed by atoms with Gasteiger partial charge in [-0.15, -0.1) is 0 Å². The summed E-state index contributed by atoms with van der Waals surface area (Å²) >= 11 is 0. The van der Waals surface area contributed by atoms with Gasteiger partial charge in [0.05, 0.1) is 11.4 Å². The second-order valence-electron chi connectivity index (χ2n) is 4.35. The molecule has 1 aromatic rings. The summed E-state index contributed by atoms with van der Waals surface area (Å²) in [4.78, 5) is 0. The molecule has 5 nitrogen and oxygen atoms in total. The van der Waals surface area contributed by atoms with Crippen LogP contribution in [0.25, 0.3) is 0 Å². The van der Waals surface area contributed by atoms with E-state index in [-0.39, 0.29) is 12.3 Å². The highest BCUT2D eigenvalue weighted by atomic mass is 32.2. The van der Waals surface area contributed by atoms with Gasteiger partial charge in [-0.1, -0.05) is 0 Å². The van der Waals surface area contributed by atoms with E-state index >= 15 is 0 Å². The van der Waals surface area contributed by atoms with Gasteiger partial charge in [-0.05, 0) is 43.7 Å². The maximum absolute atomic E-state index is 12.9. The minimum atomic E-state index is -3.46. The van der Waals surface area contributed by atoms with Crippen LogP contribution in [0.3, 0.4) is 0 Å². The molecule has 2 N–H and O–H groups in total. The van der Waals surface area contributed by atoms with Gasteiger partial charge < -0.3 is 10.5 Å². The van der Waals surface area contributed by atoms with E-state index in [0.717, 1.165) is 0 Å². The van der Waals surface area contributed by atoms with Crippen LogP contribution < -0.4 is 10.0 Å². The van der Waals surface area contributed by atoms with Crippen LogP contribution in [0.1, 0.15) is 12.8 Å². The molecule has 20 heavy (non-hydrogen) atoms. The fourth-order valence-electron chi connectivity index (χ4n) is 1.77. The number of nitrogens with two attached hydrogens (primary N) is 1. The molecule has 0 radical (unpaired) electrons. The number of benzene rings is 1. The average Bonchev–Trinajstić information content (AvgIpc) is 2.41. The molecule has 1 rings (SSSR count). The lowest BCUT2D eigenvalue weighted by Gasteiger charge is -2.24. The largest absolute Gasteiger partial charge is 0.385 e. The fraction of sp³-hybridized carbons (Fsp3) is 0.538. The number of halogens is 1. The van der Waals surface area contributed by atoms with Gasteiger partial charge in [-0.2, -0.15) is 0 Å². The molecule has 114 valence electrons. The highest BCUT2D eigenvalue weighted by Crippen LogP contribution is 2.19. The van der Waals surface area contributed by atoms with E-state index in [1.54, 1.807) is 0 Å². The van der Waals surface area contributed by atoms with Gasteiger partial charge in [0.25, 0.3) is 0 Å². The Bertz CT molecular complexity index is 491. The zero-order chi connectivity index (χ0) is 15.0. The Balaban J connectivity index is 2.90. The summed E-state index contributed by atoms with van der Waals surface area (Å²) in [5, 5.41) is 0. The van der Waals surface area contributed by atoms with Gasteiger partial charge >= 0.3 is 0 Å². The molecule has 0 aromatic heterocycles. The Hall–Kier alpha value is -1.18. The van der Waals surface area contributed by atoms with Gasteiger partial charge in [-0.3, -0.25) is 4.31 Å². The summed E-state index contributed by atoms with van der Waals surface area (Å²) in [6.45, 7) is 1.07. The van der Waals surface area contributed by atoms with E-state index in [2.05, 4.69) is 0 Å². The fourth-order valence-corrected chi connectivity index (χ4v) is 3.32. The number of anilines is 1. The molecular formula is C13H21FN2O3S. The lowest BCUT2D eigenvalue weighted by Crippen LogP contribution is -2.35. The minimum absolute atomic E-state index is 0.0111. The summed E-state index contributed by atoms with van der Waals surface area (Å²) in [5.74, 6) is -0.410. The third-order valence-corrected chi connectivity index (χ3v) is 4.64. The van der Waals surface area contributed by atoms with Crippen molar-refractivity contribution in [1.82, 2.24) is 0 Å². The van der Waals surface area contributed by atoms with Gasteiger partial charge in [0, 0.05) is 20.3 Å². The van der Waals surface area contributed by atoms with Gasteiger partial charge in [0.2, 0.25) is 10.0 Å². The maximum Gasteiger partial charge on any atom is 0.235 e. The van der Waals surface area contributed by atoms with Crippen molar-refractivity contribution in [2.75, 3.05) is 36.9 Å². The molecule has 0 aliphatic heterocycles. The second kappa shape index (κ2) is 8.18. The number of hydrogen-bond acceptors (Lipinski definition) is 4. The quantitative estimate of drug-likeness (QED) is 0.699. The summed E-state index contributed by atoms with van der Waals surface area (Å²) in [6, 6.07) is 5.41. The standard InChI is InChI=1S/C13H21FN2O3S/c1-19-10-3-11-20(17,18)16(9-2-8-15)13-6-4-12(14)5-7-13/h4-7H,2-3,8-11,15H2,1H3. The van der Waals surface area contributed by atoms with Crippen molar-refractivity contribution in [2.45, 2.75) is 12.8 Å². The van der Waals surface area contributed by atoms with Crippen LogP contribution in [-0.2, 0) is 14.8 Å². The van der Waals surface area contributed by atoms with Gasteiger partial charge in [0.15, 0.2) is 0 Å². The van der Waals surface area contributed by atoms with E-state index < -0.39 is 15.8 Å². The zero-order valence-corrected chi connectivity index (χ0v) is 12.4. The zero-order valence-electron chi connectivity index (χ0n) is 11.6. The van der Waals surface area contributed by atoms with E-state index in [1.807, 2.05) is 0 Å². The molecule has 0 unspecified atom stereocenters. The normalized spacial score (nSPS) is 11.6. The first kappa shape index (κ1) is 16.9. The third kappa shape index (κ3) is 5.07. The smallest absolute Gasteiger partial charge is 0.235 e. The third-order valence-electron chi connectivity index (χ3n) is 2.77. The highest BCUT2D eigenvalue weighted by molar-refractivity contribution is 7.92. The van der Waals surface area contributed by atoms with Crippen molar-refractivity contribution in [1.29, 1.82) is 0 Å². The van der Waals surface area contributed by atoms with Gasteiger partial charge in [-0.25, -0.2) is 12.8 Å². The molecule has 0 aliphatic carbocycles. The Kier molecular flexibility index (Phi) is 6.90. The van der Waals surface area contributed by atoms with Crippen LogP contribution in [0.15, 0.2) is 24.3 Å². The summed E-state index contributed by atoms with van der Waals surface area (Å²) < 4.78 is 43.8. The Morgan fingerprint density at radius 2 is 1.90 bits per heavy atom. The maximum atomic E-state index is 12.9. The lowest BCUT2D eigenvalue weighted by molar-refractivity contribution is 0.199. The second-order valence-corrected chi connectivity index (χ2v) is 6.37.